The van der Waals surface area contributed by atoms with Crippen LogP contribution in [0.2, 0.25) is 0 Å². The van der Waals surface area contributed by atoms with Crippen LogP contribution in [-0.4, -0.2) is 49.8 Å². The average molecular weight is 355 g/mol. The molecule has 2 aromatic rings. The molecule has 7 nitrogen and oxygen atoms in total. The van der Waals surface area contributed by atoms with Crippen molar-refractivity contribution in [3.63, 3.8) is 0 Å². The normalized spacial score (nSPS) is 14.0. The van der Waals surface area contributed by atoms with E-state index in [9.17, 15) is 9.59 Å². The lowest BCUT2D eigenvalue weighted by atomic mass is 10.1. The van der Waals surface area contributed by atoms with E-state index in [1.54, 1.807) is 43.5 Å². The van der Waals surface area contributed by atoms with Crippen LogP contribution in [0, 0.1) is 0 Å². The molecule has 1 aliphatic heterocycles. The first kappa shape index (κ1) is 17.9. The topological polar surface area (TPSA) is 80.8 Å². The van der Waals surface area contributed by atoms with Gasteiger partial charge in [-0.2, -0.15) is 0 Å². The standard InChI is InChI=1S/C19H21N3O4/c1-2-26-19(24)15-5-3-4-6-16(15)21-18(23)17-13-14(7-8-20-17)22-9-11-25-12-10-22/h3-8,13H,2,9-12H2,1H3,(H,21,23). The van der Waals surface area contributed by atoms with Crippen LogP contribution in [0.25, 0.3) is 0 Å². The van der Waals surface area contributed by atoms with Gasteiger partial charge >= 0.3 is 5.97 Å². The van der Waals surface area contributed by atoms with E-state index in [0.29, 0.717) is 24.5 Å². The minimum atomic E-state index is -0.474. The minimum Gasteiger partial charge on any atom is -0.462 e. The number of carbonyl (C=O) groups excluding carboxylic acids is 2. The van der Waals surface area contributed by atoms with E-state index in [4.69, 9.17) is 9.47 Å². The number of rotatable bonds is 5. The number of benzene rings is 1. The Bertz CT molecular complexity index is 788. The number of para-hydroxylation sites is 1. The molecule has 3 rings (SSSR count). The number of hydrogen-bond acceptors (Lipinski definition) is 6. The number of esters is 1. The number of nitrogens with one attached hydrogen (secondary N) is 1. The molecular formula is C19H21N3O4. The quantitative estimate of drug-likeness (QED) is 0.829. The molecule has 1 saturated heterocycles. The summed E-state index contributed by atoms with van der Waals surface area (Å²) in [7, 11) is 0. The van der Waals surface area contributed by atoms with Crippen molar-refractivity contribution in [2.75, 3.05) is 43.1 Å². The molecule has 7 heteroatoms. The fourth-order valence-corrected chi connectivity index (χ4v) is 2.73. The molecule has 0 radical (unpaired) electrons. The molecule has 2 heterocycles. The average Bonchev–Trinajstić information content (AvgIpc) is 2.69. The molecule has 26 heavy (non-hydrogen) atoms. The van der Waals surface area contributed by atoms with Gasteiger partial charge < -0.3 is 19.7 Å². The largest absolute Gasteiger partial charge is 0.462 e. The van der Waals surface area contributed by atoms with Crippen molar-refractivity contribution in [2.24, 2.45) is 0 Å². The van der Waals surface area contributed by atoms with E-state index >= 15 is 0 Å². The van der Waals surface area contributed by atoms with E-state index in [2.05, 4.69) is 15.2 Å². The third-order valence-corrected chi connectivity index (χ3v) is 4.02. The Hall–Kier alpha value is -2.93. The van der Waals surface area contributed by atoms with Crippen LogP contribution in [0.4, 0.5) is 11.4 Å². The van der Waals surface area contributed by atoms with E-state index in [1.807, 2.05) is 6.07 Å². The van der Waals surface area contributed by atoms with Crippen molar-refractivity contribution < 1.29 is 19.1 Å². The van der Waals surface area contributed by atoms with E-state index in [1.165, 1.54) is 0 Å². The number of ether oxygens (including phenoxy) is 2. The summed E-state index contributed by atoms with van der Waals surface area (Å²) >= 11 is 0. The summed E-state index contributed by atoms with van der Waals surface area (Å²) < 4.78 is 10.4. The molecular weight excluding hydrogens is 334 g/mol. The highest BCUT2D eigenvalue weighted by atomic mass is 16.5. The molecule has 1 aromatic carbocycles. The molecule has 0 unspecified atom stereocenters. The summed E-state index contributed by atoms with van der Waals surface area (Å²) in [4.78, 5) is 31.0. The number of anilines is 2. The van der Waals surface area contributed by atoms with E-state index in [-0.39, 0.29) is 18.2 Å². The molecule has 1 N–H and O–H groups in total. The Morgan fingerprint density at radius 2 is 2.00 bits per heavy atom. The zero-order chi connectivity index (χ0) is 18.4. The number of aromatic nitrogens is 1. The Kier molecular flexibility index (Phi) is 5.80. The summed E-state index contributed by atoms with van der Waals surface area (Å²) in [6, 6.07) is 10.4. The van der Waals surface area contributed by atoms with Crippen LogP contribution in [0.15, 0.2) is 42.6 Å². The van der Waals surface area contributed by atoms with E-state index in [0.717, 1.165) is 18.8 Å². The molecule has 0 spiro atoms. The van der Waals surface area contributed by atoms with Crippen molar-refractivity contribution in [1.82, 2.24) is 4.98 Å². The molecule has 136 valence electrons. The molecule has 0 bridgehead atoms. The molecule has 1 fully saturated rings. The molecule has 1 aromatic heterocycles. The fraction of sp³-hybridized carbons (Fsp3) is 0.316. The van der Waals surface area contributed by atoms with E-state index < -0.39 is 5.97 Å². The van der Waals surface area contributed by atoms with Crippen LogP contribution >= 0.6 is 0 Å². The number of pyridine rings is 1. The van der Waals surface area contributed by atoms with Crippen LogP contribution in [0.3, 0.4) is 0 Å². The summed E-state index contributed by atoms with van der Waals surface area (Å²) in [5, 5.41) is 2.75. The number of carbonyl (C=O) groups is 2. The smallest absolute Gasteiger partial charge is 0.340 e. The summed E-state index contributed by atoms with van der Waals surface area (Å²) in [5.74, 6) is -0.852. The Morgan fingerprint density at radius 1 is 1.23 bits per heavy atom. The Balaban J connectivity index is 1.77. The predicted molar refractivity (Wildman–Crippen MR) is 97.6 cm³/mol. The fourth-order valence-electron chi connectivity index (χ4n) is 2.73. The van der Waals surface area contributed by atoms with Crippen LogP contribution in [0.5, 0.6) is 0 Å². The van der Waals surface area contributed by atoms with Crippen molar-refractivity contribution in [3.8, 4) is 0 Å². The first-order valence-electron chi connectivity index (χ1n) is 8.55. The second-order valence-electron chi connectivity index (χ2n) is 5.72. The van der Waals surface area contributed by atoms with Crippen LogP contribution in [-0.2, 0) is 9.47 Å². The lowest BCUT2D eigenvalue weighted by molar-refractivity contribution is 0.0527. The Labute approximate surface area is 151 Å². The summed E-state index contributed by atoms with van der Waals surface area (Å²) in [6.45, 7) is 4.88. The van der Waals surface area contributed by atoms with Crippen LogP contribution in [0.1, 0.15) is 27.8 Å². The zero-order valence-corrected chi connectivity index (χ0v) is 14.6. The number of hydrogen-bond donors (Lipinski definition) is 1. The van der Waals surface area contributed by atoms with Crippen molar-refractivity contribution in [3.05, 3.63) is 53.9 Å². The maximum atomic E-state index is 12.6. The number of amides is 1. The first-order valence-corrected chi connectivity index (χ1v) is 8.55. The van der Waals surface area contributed by atoms with Gasteiger partial charge in [0, 0.05) is 25.0 Å². The van der Waals surface area contributed by atoms with Crippen molar-refractivity contribution in [2.45, 2.75) is 6.92 Å². The minimum absolute atomic E-state index is 0.268. The number of nitrogens with zero attached hydrogens (tertiary/aromatic N) is 2. The number of morpholine rings is 1. The van der Waals surface area contributed by atoms with Gasteiger partial charge in [-0.25, -0.2) is 4.79 Å². The maximum Gasteiger partial charge on any atom is 0.340 e. The predicted octanol–water partition coefficient (Wildman–Crippen LogP) is 2.35. The van der Waals surface area contributed by atoms with Gasteiger partial charge in [0.15, 0.2) is 0 Å². The molecule has 1 amide bonds. The van der Waals surface area contributed by atoms with Crippen molar-refractivity contribution in [1.29, 1.82) is 0 Å². The molecule has 1 aliphatic rings. The third-order valence-electron chi connectivity index (χ3n) is 4.02. The monoisotopic (exact) mass is 355 g/mol. The van der Waals surface area contributed by atoms with Gasteiger partial charge in [0.1, 0.15) is 5.69 Å². The summed E-state index contributed by atoms with van der Waals surface area (Å²) in [5.41, 5.74) is 1.92. The molecule has 0 saturated carbocycles. The third kappa shape index (κ3) is 4.18. The van der Waals surface area contributed by atoms with Gasteiger partial charge in [-0.15, -0.1) is 0 Å². The highest BCUT2D eigenvalue weighted by molar-refractivity contribution is 6.07. The van der Waals surface area contributed by atoms with Gasteiger partial charge in [0.25, 0.3) is 5.91 Å². The van der Waals surface area contributed by atoms with Gasteiger partial charge in [-0.3, -0.25) is 9.78 Å². The zero-order valence-electron chi connectivity index (χ0n) is 14.6. The first-order chi connectivity index (χ1) is 12.7. The van der Waals surface area contributed by atoms with Crippen molar-refractivity contribution >= 4 is 23.3 Å². The van der Waals surface area contributed by atoms with Gasteiger partial charge in [-0.05, 0) is 31.2 Å². The Morgan fingerprint density at radius 3 is 2.77 bits per heavy atom. The van der Waals surface area contributed by atoms with Gasteiger partial charge in [0.05, 0.1) is 31.1 Å². The SMILES string of the molecule is CCOC(=O)c1ccccc1NC(=O)c1cc(N2CCOCC2)ccn1. The molecule has 0 aliphatic carbocycles. The van der Waals surface area contributed by atoms with Crippen LogP contribution < -0.4 is 10.2 Å². The second-order valence-corrected chi connectivity index (χ2v) is 5.72. The van der Waals surface area contributed by atoms with Gasteiger partial charge in [-0.1, -0.05) is 12.1 Å². The lowest BCUT2D eigenvalue weighted by Gasteiger charge is -2.28. The maximum absolute atomic E-state index is 12.6. The molecule has 0 atom stereocenters. The summed E-state index contributed by atoms with van der Waals surface area (Å²) in [6.07, 6.45) is 1.61. The highest BCUT2D eigenvalue weighted by Crippen LogP contribution is 2.19. The lowest BCUT2D eigenvalue weighted by Crippen LogP contribution is -2.36. The second kappa shape index (κ2) is 8.44. The highest BCUT2D eigenvalue weighted by Gasteiger charge is 2.17. The van der Waals surface area contributed by atoms with Gasteiger partial charge in [0.2, 0.25) is 0 Å².